The summed E-state index contributed by atoms with van der Waals surface area (Å²) in [5.41, 5.74) is 10.5. The van der Waals surface area contributed by atoms with Gasteiger partial charge in [0.05, 0.1) is 30.1 Å². The van der Waals surface area contributed by atoms with Gasteiger partial charge in [0.15, 0.2) is 0 Å². The summed E-state index contributed by atoms with van der Waals surface area (Å²) in [5, 5.41) is 0. The van der Waals surface area contributed by atoms with Gasteiger partial charge in [-0.1, -0.05) is 36.4 Å². The number of nitrogens with zero attached hydrogens (tertiary/aromatic N) is 4. The fourth-order valence-corrected chi connectivity index (χ4v) is 4.71. The quantitative estimate of drug-likeness (QED) is 0.462. The van der Waals surface area contributed by atoms with Crippen molar-refractivity contribution in [1.29, 1.82) is 0 Å². The average Bonchev–Trinajstić information content (AvgIpc) is 2.86. The van der Waals surface area contributed by atoms with Crippen molar-refractivity contribution in [3.05, 3.63) is 101 Å². The molecule has 0 aliphatic carbocycles. The molecule has 2 aromatic heterocycles. The van der Waals surface area contributed by atoms with Crippen LogP contribution in [-0.4, -0.2) is 32.9 Å². The molecule has 8 heteroatoms. The molecule has 35 heavy (non-hydrogen) atoms. The molecule has 2 N–H and O–H groups in total. The lowest BCUT2D eigenvalue weighted by Gasteiger charge is -2.38. The molecule has 0 bridgehead atoms. The molecular formula is C27H24FN5O2. The zero-order chi connectivity index (χ0) is 24.5. The summed E-state index contributed by atoms with van der Waals surface area (Å²) in [7, 11) is 1.52. The molecular weight excluding hydrogens is 445 g/mol. The molecule has 1 aliphatic heterocycles. The number of hydrogen-bond acceptors (Lipinski definition) is 6. The minimum Gasteiger partial charge on any atom is -0.481 e. The molecule has 3 heterocycles. The Kier molecular flexibility index (Phi) is 5.86. The van der Waals surface area contributed by atoms with Gasteiger partial charge >= 0.3 is 0 Å². The smallest absolute Gasteiger partial charge is 0.258 e. The minimum atomic E-state index is -0.426. The third-order valence-electron chi connectivity index (χ3n) is 6.24. The van der Waals surface area contributed by atoms with E-state index in [1.165, 1.54) is 19.2 Å². The van der Waals surface area contributed by atoms with Gasteiger partial charge < -0.3 is 15.4 Å². The lowest BCUT2D eigenvalue weighted by Crippen LogP contribution is -2.41. The van der Waals surface area contributed by atoms with Crippen LogP contribution in [-0.2, 0) is 13.0 Å². The van der Waals surface area contributed by atoms with Crippen LogP contribution in [0.1, 0.15) is 38.9 Å². The van der Waals surface area contributed by atoms with Crippen LogP contribution in [0.5, 0.6) is 5.88 Å². The van der Waals surface area contributed by atoms with Crippen molar-refractivity contribution < 1.29 is 13.9 Å². The van der Waals surface area contributed by atoms with Crippen LogP contribution in [0.15, 0.2) is 66.9 Å². The highest BCUT2D eigenvalue weighted by atomic mass is 19.1. The van der Waals surface area contributed by atoms with E-state index in [1.54, 1.807) is 30.2 Å². The second kappa shape index (κ2) is 9.13. The number of anilines is 1. The molecule has 7 nitrogen and oxygen atoms in total. The average molecular weight is 470 g/mol. The zero-order valence-electron chi connectivity index (χ0n) is 19.4. The lowest BCUT2D eigenvalue weighted by molar-refractivity contribution is 0.0625. The highest BCUT2D eigenvalue weighted by Gasteiger charge is 2.37. The van der Waals surface area contributed by atoms with E-state index in [4.69, 9.17) is 10.5 Å². The fourth-order valence-electron chi connectivity index (χ4n) is 4.71. The van der Waals surface area contributed by atoms with Crippen LogP contribution in [0.2, 0.25) is 0 Å². The maximum Gasteiger partial charge on any atom is 0.258 e. The van der Waals surface area contributed by atoms with Crippen molar-refractivity contribution in [2.75, 3.05) is 12.8 Å². The van der Waals surface area contributed by atoms with E-state index in [2.05, 4.69) is 15.0 Å². The molecule has 176 valence electrons. The van der Waals surface area contributed by atoms with Gasteiger partial charge in [-0.15, -0.1) is 0 Å². The number of pyridine rings is 1. The van der Waals surface area contributed by atoms with Crippen molar-refractivity contribution in [2.45, 2.75) is 25.9 Å². The summed E-state index contributed by atoms with van der Waals surface area (Å²) in [6.07, 6.45) is 2.02. The Hall–Kier alpha value is -4.33. The Morgan fingerprint density at radius 1 is 1.09 bits per heavy atom. The summed E-state index contributed by atoms with van der Waals surface area (Å²) in [4.78, 5) is 28.6. The third kappa shape index (κ3) is 4.19. The van der Waals surface area contributed by atoms with Gasteiger partial charge in [-0.05, 0) is 47.9 Å². The maximum absolute atomic E-state index is 14.5. The van der Waals surface area contributed by atoms with Crippen LogP contribution in [0.3, 0.4) is 0 Å². The number of carbonyl (C=O) groups is 1. The molecule has 0 saturated heterocycles. The van der Waals surface area contributed by atoms with Crippen LogP contribution in [0.4, 0.5) is 10.3 Å². The minimum absolute atomic E-state index is 0.123. The first-order chi connectivity index (χ1) is 17.0. The van der Waals surface area contributed by atoms with Crippen LogP contribution in [0, 0.1) is 12.7 Å². The molecule has 2 aromatic carbocycles. The summed E-state index contributed by atoms with van der Waals surface area (Å²) < 4.78 is 20.0. The van der Waals surface area contributed by atoms with Gasteiger partial charge in [0, 0.05) is 24.7 Å². The Morgan fingerprint density at radius 2 is 1.89 bits per heavy atom. The summed E-state index contributed by atoms with van der Waals surface area (Å²) in [6, 6.07) is 17.5. The van der Waals surface area contributed by atoms with Crippen LogP contribution in [0.25, 0.3) is 11.1 Å². The van der Waals surface area contributed by atoms with E-state index in [0.29, 0.717) is 46.9 Å². The van der Waals surface area contributed by atoms with Crippen molar-refractivity contribution in [3.63, 3.8) is 0 Å². The lowest BCUT2D eigenvalue weighted by atomic mass is 9.87. The number of amides is 1. The van der Waals surface area contributed by atoms with Crippen molar-refractivity contribution >= 4 is 11.9 Å². The summed E-state index contributed by atoms with van der Waals surface area (Å²) >= 11 is 0. The number of carbonyl (C=O) groups excluding carboxylic acids is 1. The molecule has 1 aliphatic rings. The van der Waals surface area contributed by atoms with E-state index in [-0.39, 0.29) is 11.9 Å². The molecule has 0 radical (unpaired) electrons. The predicted molar refractivity (Wildman–Crippen MR) is 130 cm³/mol. The number of methoxy groups -OCH3 is 1. The predicted octanol–water partition coefficient (Wildman–Crippen LogP) is 4.52. The van der Waals surface area contributed by atoms with Gasteiger partial charge in [0.1, 0.15) is 5.82 Å². The Morgan fingerprint density at radius 3 is 2.66 bits per heavy atom. The fraction of sp³-hybridized carbons (Fsp3) is 0.185. The number of aromatic nitrogens is 3. The number of ether oxygens (including phenoxy) is 1. The van der Waals surface area contributed by atoms with E-state index < -0.39 is 11.9 Å². The van der Waals surface area contributed by atoms with Gasteiger partial charge in [-0.25, -0.2) is 19.3 Å². The van der Waals surface area contributed by atoms with Crippen molar-refractivity contribution in [1.82, 2.24) is 19.9 Å². The van der Waals surface area contributed by atoms with E-state index in [0.717, 1.165) is 11.1 Å². The third-order valence-corrected chi connectivity index (χ3v) is 6.24. The van der Waals surface area contributed by atoms with Crippen molar-refractivity contribution in [3.8, 4) is 17.0 Å². The first kappa shape index (κ1) is 22.5. The molecule has 0 saturated carbocycles. The van der Waals surface area contributed by atoms with E-state index in [1.807, 2.05) is 36.4 Å². The molecule has 0 unspecified atom stereocenters. The Bertz CT molecular complexity index is 1410. The normalized spacial score (nSPS) is 15.1. The standard InChI is InChI=1S/C27H24FN5O2/c1-16-24-22(32-27(29)31-16)14-23(33(26(24)34)15-17-7-4-3-5-8-17)19-11-10-18(28)13-21(19)20-9-6-12-30-25(20)35-2/h3-13,23H,14-15H2,1-2H3,(H2,29,31,32)/t23-/m1/s1. The highest BCUT2D eigenvalue weighted by molar-refractivity contribution is 5.98. The Balaban J connectivity index is 1.70. The first-order valence-corrected chi connectivity index (χ1v) is 11.2. The number of hydrogen-bond donors (Lipinski definition) is 1. The number of fused-ring (bicyclic) bond motifs is 1. The molecule has 4 aromatic rings. The van der Waals surface area contributed by atoms with Gasteiger partial charge in [-0.2, -0.15) is 0 Å². The zero-order valence-corrected chi connectivity index (χ0v) is 19.4. The largest absolute Gasteiger partial charge is 0.481 e. The molecule has 0 fully saturated rings. The van der Waals surface area contributed by atoms with E-state index >= 15 is 0 Å². The molecule has 1 atom stereocenters. The van der Waals surface area contributed by atoms with Crippen LogP contribution >= 0.6 is 0 Å². The highest BCUT2D eigenvalue weighted by Crippen LogP contribution is 2.41. The van der Waals surface area contributed by atoms with Gasteiger partial charge in [0.2, 0.25) is 11.8 Å². The number of halogens is 1. The van der Waals surface area contributed by atoms with Gasteiger partial charge in [0.25, 0.3) is 5.91 Å². The number of nitrogens with two attached hydrogens (primary N) is 1. The number of rotatable bonds is 5. The summed E-state index contributed by atoms with van der Waals surface area (Å²) in [6.45, 7) is 2.13. The monoisotopic (exact) mass is 469 g/mol. The number of benzene rings is 2. The second-order valence-corrected chi connectivity index (χ2v) is 8.42. The number of aryl methyl sites for hydroxylation is 1. The molecule has 1 amide bonds. The first-order valence-electron chi connectivity index (χ1n) is 11.2. The van der Waals surface area contributed by atoms with Gasteiger partial charge in [-0.3, -0.25) is 4.79 Å². The molecule has 0 spiro atoms. The van der Waals surface area contributed by atoms with E-state index in [9.17, 15) is 9.18 Å². The topological polar surface area (TPSA) is 94.2 Å². The number of nitrogen functional groups attached to an aromatic ring is 1. The van der Waals surface area contributed by atoms with Crippen molar-refractivity contribution in [2.24, 2.45) is 0 Å². The summed E-state index contributed by atoms with van der Waals surface area (Å²) in [5.74, 6) is -0.0864. The maximum atomic E-state index is 14.5. The second-order valence-electron chi connectivity index (χ2n) is 8.42. The van der Waals surface area contributed by atoms with Crippen LogP contribution < -0.4 is 10.5 Å². The molecule has 5 rings (SSSR count). The SMILES string of the molecule is COc1ncccc1-c1cc(F)ccc1[C@H]1Cc2nc(N)nc(C)c2C(=O)N1Cc1ccccc1. The Labute approximate surface area is 202 Å².